The minimum absolute atomic E-state index is 0.427. The summed E-state index contributed by atoms with van der Waals surface area (Å²) in [6.45, 7) is 0.746. The summed E-state index contributed by atoms with van der Waals surface area (Å²) in [5, 5.41) is 30.5. The SMILES string of the molecule is CC(=O)N[C@@H]1[C@@H](ON)O[C@H](CO)[C@@H](O)[C@@H]1O. The Bertz CT molecular complexity index is 249. The summed E-state index contributed by atoms with van der Waals surface area (Å²) in [6, 6.07) is -0.986. The molecule has 1 heterocycles. The van der Waals surface area contributed by atoms with E-state index in [4.69, 9.17) is 15.7 Å². The van der Waals surface area contributed by atoms with Gasteiger partial charge in [0, 0.05) is 6.92 Å². The molecule has 0 unspecified atom stereocenters. The van der Waals surface area contributed by atoms with Gasteiger partial charge in [0.25, 0.3) is 0 Å². The highest BCUT2D eigenvalue weighted by molar-refractivity contribution is 5.73. The molecule has 94 valence electrons. The van der Waals surface area contributed by atoms with Gasteiger partial charge < -0.3 is 25.4 Å². The Morgan fingerprint density at radius 2 is 2.12 bits per heavy atom. The van der Waals surface area contributed by atoms with Crippen molar-refractivity contribution in [2.45, 2.75) is 37.6 Å². The molecule has 8 nitrogen and oxygen atoms in total. The summed E-state index contributed by atoms with van der Waals surface area (Å²) in [4.78, 5) is 15.3. The maximum Gasteiger partial charge on any atom is 0.217 e. The standard InChI is InChI=1S/C8H16N2O6/c1-3(12)10-5-7(14)6(13)4(2-11)15-8(5)16-9/h4-8,11,13-14H,2,9H2,1H3,(H,10,12)/t4-,5+,6-,7-,8-/m1/s1. The smallest absolute Gasteiger partial charge is 0.217 e. The second kappa shape index (κ2) is 5.53. The lowest BCUT2D eigenvalue weighted by molar-refractivity contribution is -0.271. The van der Waals surface area contributed by atoms with Crippen LogP contribution in [0.3, 0.4) is 0 Å². The summed E-state index contributed by atoms with van der Waals surface area (Å²) in [7, 11) is 0. The summed E-state index contributed by atoms with van der Waals surface area (Å²) >= 11 is 0. The van der Waals surface area contributed by atoms with Crippen molar-refractivity contribution in [2.75, 3.05) is 6.61 Å². The molecule has 1 aliphatic rings. The fraction of sp³-hybridized carbons (Fsp3) is 0.875. The molecule has 0 radical (unpaired) electrons. The highest BCUT2D eigenvalue weighted by Gasteiger charge is 2.45. The van der Waals surface area contributed by atoms with Crippen LogP contribution in [0.25, 0.3) is 0 Å². The number of aliphatic hydroxyl groups is 3. The van der Waals surface area contributed by atoms with Crippen LogP contribution in [0.4, 0.5) is 0 Å². The van der Waals surface area contributed by atoms with Crippen LogP contribution in [-0.2, 0) is 14.4 Å². The average molecular weight is 236 g/mol. The predicted octanol–water partition coefficient (Wildman–Crippen LogP) is -3.18. The normalized spacial score (nSPS) is 39.4. The lowest BCUT2D eigenvalue weighted by atomic mass is 9.97. The molecule has 1 aliphatic heterocycles. The fourth-order valence-electron chi connectivity index (χ4n) is 1.59. The number of nitrogens with one attached hydrogen (secondary N) is 1. The molecule has 6 N–H and O–H groups in total. The number of carbonyl (C=O) groups is 1. The second-order valence-electron chi connectivity index (χ2n) is 3.57. The number of amides is 1. The van der Waals surface area contributed by atoms with E-state index < -0.39 is 43.2 Å². The molecule has 0 aromatic heterocycles. The molecule has 1 saturated heterocycles. The minimum Gasteiger partial charge on any atom is -0.394 e. The maximum absolute atomic E-state index is 10.9. The summed E-state index contributed by atoms with van der Waals surface area (Å²) < 4.78 is 5.06. The first-order valence-corrected chi connectivity index (χ1v) is 4.76. The van der Waals surface area contributed by atoms with Crippen molar-refractivity contribution < 1.29 is 29.7 Å². The van der Waals surface area contributed by atoms with E-state index in [-0.39, 0.29) is 0 Å². The monoisotopic (exact) mass is 236 g/mol. The van der Waals surface area contributed by atoms with E-state index >= 15 is 0 Å². The Balaban J connectivity index is 2.77. The van der Waals surface area contributed by atoms with Crippen LogP contribution < -0.4 is 11.2 Å². The second-order valence-corrected chi connectivity index (χ2v) is 3.57. The van der Waals surface area contributed by atoms with E-state index in [1.165, 1.54) is 6.92 Å². The van der Waals surface area contributed by atoms with Crippen molar-refractivity contribution in [3.63, 3.8) is 0 Å². The average Bonchev–Trinajstić information content (AvgIpc) is 2.25. The van der Waals surface area contributed by atoms with Crippen molar-refractivity contribution in [1.29, 1.82) is 0 Å². The highest BCUT2D eigenvalue weighted by Crippen LogP contribution is 2.20. The first-order valence-electron chi connectivity index (χ1n) is 4.76. The molecule has 16 heavy (non-hydrogen) atoms. The largest absolute Gasteiger partial charge is 0.394 e. The first kappa shape index (κ1) is 13.3. The van der Waals surface area contributed by atoms with Crippen LogP contribution in [0, 0.1) is 0 Å². The van der Waals surface area contributed by atoms with Gasteiger partial charge in [-0.1, -0.05) is 0 Å². The Kier molecular flexibility index (Phi) is 4.59. The van der Waals surface area contributed by atoms with Crippen LogP contribution in [0.15, 0.2) is 0 Å². The molecule has 0 aliphatic carbocycles. The number of hydrogen-bond acceptors (Lipinski definition) is 7. The van der Waals surface area contributed by atoms with Gasteiger partial charge in [0.2, 0.25) is 5.91 Å². The number of hydrogen-bond donors (Lipinski definition) is 5. The zero-order chi connectivity index (χ0) is 12.3. The first-order chi connectivity index (χ1) is 7.51. The molecule has 0 aromatic carbocycles. The van der Waals surface area contributed by atoms with Gasteiger partial charge in [-0.05, 0) is 0 Å². The van der Waals surface area contributed by atoms with E-state index in [0.29, 0.717) is 0 Å². The molecular weight excluding hydrogens is 220 g/mol. The maximum atomic E-state index is 10.9. The molecule has 0 bridgehead atoms. The van der Waals surface area contributed by atoms with E-state index in [0.717, 1.165) is 0 Å². The van der Waals surface area contributed by atoms with Gasteiger partial charge in [-0.2, -0.15) is 0 Å². The lowest BCUT2D eigenvalue weighted by Gasteiger charge is -2.41. The molecule has 1 rings (SSSR count). The number of aliphatic hydroxyl groups excluding tert-OH is 3. The van der Waals surface area contributed by atoms with Crippen LogP contribution in [0.1, 0.15) is 6.92 Å². The number of rotatable bonds is 3. The summed E-state index contributed by atoms with van der Waals surface area (Å²) in [6.07, 6.45) is -4.79. The van der Waals surface area contributed by atoms with Crippen LogP contribution in [0.5, 0.6) is 0 Å². The molecule has 5 atom stereocenters. The molecule has 1 fully saturated rings. The van der Waals surface area contributed by atoms with E-state index in [1.807, 2.05) is 0 Å². The van der Waals surface area contributed by atoms with Gasteiger partial charge >= 0.3 is 0 Å². The van der Waals surface area contributed by atoms with Gasteiger partial charge in [-0.15, -0.1) is 0 Å². The summed E-state index contributed by atoms with van der Waals surface area (Å²) in [5.74, 6) is 4.52. The van der Waals surface area contributed by atoms with Gasteiger partial charge in [0.15, 0.2) is 6.29 Å². The fourth-order valence-corrected chi connectivity index (χ4v) is 1.59. The van der Waals surface area contributed by atoms with Gasteiger partial charge in [0.1, 0.15) is 24.4 Å². The third-order valence-electron chi connectivity index (χ3n) is 2.38. The van der Waals surface area contributed by atoms with E-state index in [2.05, 4.69) is 10.2 Å². The van der Waals surface area contributed by atoms with Crippen LogP contribution >= 0.6 is 0 Å². The number of ether oxygens (including phenoxy) is 1. The minimum atomic E-state index is -1.33. The third kappa shape index (κ3) is 2.67. The molecule has 1 amide bonds. The highest BCUT2D eigenvalue weighted by atomic mass is 16.8. The quantitative estimate of drug-likeness (QED) is 0.326. The van der Waals surface area contributed by atoms with Crippen molar-refractivity contribution >= 4 is 5.91 Å². The lowest BCUT2D eigenvalue weighted by Crippen LogP contribution is -2.65. The number of carbonyl (C=O) groups excluding carboxylic acids is 1. The third-order valence-corrected chi connectivity index (χ3v) is 2.38. The van der Waals surface area contributed by atoms with Crippen LogP contribution in [0.2, 0.25) is 0 Å². The van der Waals surface area contributed by atoms with Crippen molar-refractivity contribution in [2.24, 2.45) is 5.90 Å². The summed E-state index contributed by atoms with van der Waals surface area (Å²) in [5.41, 5.74) is 0. The van der Waals surface area contributed by atoms with E-state index in [1.54, 1.807) is 0 Å². The van der Waals surface area contributed by atoms with Crippen molar-refractivity contribution in [3.05, 3.63) is 0 Å². The topological polar surface area (TPSA) is 134 Å². The Morgan fingerprint density at radius 1 is 1.50 bits per heavy atom. The zero-order valence-electron chi connectivity index (χ0n) is 8.74. The Morgan fingerprint density at radius 3 is 2.56 bits per heavy atom. The van der Waals surface area contributed by atoms with Gasteiger partial charge in [-0.25, -0.2) is 5.90 Å². The number of nitrogens with two attached hydrogens (primary N) is 1. The Labute approximate surface area is 91.9 Å². The van der Waals surface area contributed by atoms with Gasteiger partial charge in [0.05, 0.1) is 6.61 Å². The molecular formula is C8H16N2O6. The zero-order valence-corrected chi connectivity index (χ0v) is 8.74. The molecule has 0 spiro atoms. The predicted molar refractivity (Wildman–Crippen MR) is 50.6 cm³/mol. The Hall–Kier alpha value is -0.770. The van der Waals surface area contributed by atoms with Crippen molar-refractivity contribution in [3.8, 4) is 0 Å². The van der Waals surface area contributed by atoms with Gasteiger partial charge in [-0.3, -0.25) is 9.63 Å². The molecule has 0 aromatic rings. The van der Waals surface area contributed by atoms with Crippen molar-refractivity contribution in [1.82, 2.24) is 5.32 Å². The van der Waals surface area contributed by atoms with Crippen LogP contribution in [-0.4, -0.2) is 58.5 Å². The molecule has 0 saturated carbocycles. The van der Waals surface area contributed by atoms with E-state index in [9.17, 15) is 15.0 Å². The molecule has 8 heteroatoms.